The molecule has 1 N–H and O–H groups in total. The fraction of sp³-hybridized carbons (Fsp3) is 0.222. The van der Waals surface area contributed by atoms with Crippen molar-refractivity contribution < 1.29 is 0 Å². The maximum absolute atomic E-state index is 6.05. The molecule has 7 heteroatoms. The first-order valence-corrected chi connectivity index (χ1v) is 6.02. The summed E-state index contributed by atoms with van der Waals surface area (Å²) in [5.41, 5.74) is 0.886. The molecule has 1 aromatic heterocycles. The van der Waals surface area contributed by atoms with Crippen LogP contribution in [0.3, 0.4) is 0 Å². The number of aromatic nitrogens is 4. The van der Waals surface area contributed by atoms with Crippen LogP contribution in [0.5, 0.6) is 0 Å². The van der Waals surface area contributed by atoms with Crippen LogP contribution in [0.15, 0.2) is 18.2 Å². The zero-order valence-electron chi connectivity index (χ0n) is 8.48. The van der Waals surface area contributed by atoms with Crippen LogP contribution >= 0.6 is 34.2 Å². The third-order valence-electron chi connectivity index (χ3n) is 2.07. The molecule has 16 heavy (non-hydrogen) atoms. The third-order valence-corrected chi connectivity index (χ3v) is 3.07. The Labute approximate surface area is 111 Å². The first-order valence-electron chi connectivity index (χ1n) is 4.57. The van der Waals surface area contributed by atoms with Gasteiger partial charge in [0.25, 0.3) is 0 Å². The molecular formula is C9H9ClIN5. The van der Waals surface area contributed by atoms with E-state index in [0.29, 0.717) is 11.6 Å². The van der Waals surface area contributed by atoms with Gasteiger partial charge in [-0.15, -0.1) is 5.10 Å². The molecule has 1 heterocycles. The summed E-state index contributed by atoms with van der Waals surface area (Å²) in [4.78, 5) is 0. The fourth-order valence-electron chi connectivity index (χ4n) is 1.20. The molecule has 2 aromatic rings. The predicted molar refractivity (Wildman–Crippen MR) is 70.3 cm³/mol. The van der Waals surface area contributed by atoms with Gasteiger partial charge in [-0.25, -0.2) is 4.68 Å². The molecule has 0 aliphatic heterocycles. The number of hydrogen-bond donors (Lipinski definition) is 1. The van der Waals surface area contributed by atoms with Crippen LogP contribution in [0, 0.1) is 3.57 Å². The number of tetrazole rings is 1. The molecule has 0 amide bonds. The predicted octanol–water partition coefficient (Wildman–Crippen LogP) is 2.08. The van der Waals surface area contributed by atoms with E-state index in [4.69, 9.17) is 11.6 Å². The number of anilines is 1. The lowest BCUT2D eigenvalue weighted by Crippen LogP contribution is -2.07. The van der Waals surface area contributed by atoms with Gasteiger partial charge in [-0.05, 0) is 51.2 Å². The number of hydrogen-bond acceptors (Lipinski definition) is 4. The molecule has 0 fully saturated rings. The average Bonchev–Trinajstić information content (AvgIpc) is 2.66. The molecule has 0 saturated heterocycles. The van der Waals surface area contributed by atoms with E-state index >= 15 is 0 Å². The molecule has 0 aliphatic carbocycles. The van der Waals surface area contributed by atoms with E-state index in [1.807, 2.05) is 18.2 Å². The molecule has 1 aromatic carbocycles. The first-order chi connectivity index (χ1) is 7.66. The van der Waals surface area contributed by atoms with E-state index in [1.165, 1.54) is 0 Å². The summed E-state index contributed by atoms with van der Waals surface area (Å²) < 4.78 is 2.75. The van der Waals surface area contributed by atoms with Crippen molar-refractivity contribution in [1.82, 2.24) is 20.2 Å². The van der Waals surface area contributed by atoms with Crippen LogP contribution in [-0.4, -0.2) is 20.2 Å². The highest BCUT2D eigenvalue weighted by molar-refractivity contribution is 14.1. The van der Waals surface area contributed by atoms with Gasteiger partial charge >= 0.3 is 0 Å². The van der Waals surface area contributed by atoms with Crippen LogP contribution in [0.1, 0.15) is 5.82 Å². The first kappa shape index (κ1) is 11.6. The monoisotopic (exact) mass is 349 g/mol. The minimum atomic E-state index is 0.545. The Balaban J connectivity index is 2.10. The maximum Gasteiger partial charge on any atom is 0.170 e. The standard InChI is InChI=1S/C9H9ClIN5/c1-16-9(13-14-15-16)5-12-8-4-6(11)2-3-7(8)10/h2-4,12H,5H2,1H3. The number of aryl methyl sites for hydroxylation is 1. The van der Waals surface area contributed by atoms with Gasteiger partial charge in [0.05, 0.1) is 17.3 Å². The van der Waals surface area contributed by atoms with Crippen molar-refractivity contribution in [3.8, 4) is 0 Å². The van der Waals surface area contributed by atoms with Crippen molar-refractivity contribution in [2.45, 2.75) is 6.54 Å². The number of nitrogens with zero attached hydrogens (tertiary/aromatic N) is 4. The summed E-state index contributed by atoms with van der Waals surface area (Å²) in [6.45, 7) is 0.545. The molecule has 2 rings (SSSR count). The van der Waals surface area contributed by atoms with Gasteiger partial charge in [-0.3, -0.25) is 0 Å². The molecule has 0 aliphatic rings. The largest absolute Gasteiger partial charge is 0.376 e. The molecular weight excluding hydrogens is 340 g/mol. The molecule has 0 atom stereocenters. The van der Waals surface area contributed by atoms with E-state index in [2.05, 4.69) is 43.4 Å². The molecule has 0 saturated carbocycles. The third kappa shape index (κ3) is 2.62. The van der Waals surface area contributed by atoms with Crippen molar-refractivity contribution in [3.05, 3.63) is 32.6 Å². The smallest absolute Gasteiger partial charge is 0.170 e. The molecule has 0 spiro atoms. The highest BCUT2D eigenvalue weighted by Crippen LogP contribution is 2.24. The lowest BCUT2D eigenvalue weighted by Gasteiger charge is -2.07. The Morgan fingerprint density at radius 2 is 2.31 bits per heavy atom. The molecule has 84 valence electrons. The van der Waals surface area contributed by atoms with Gasteiger partial charge in [0.2, 0.25) is 0 Å². The Kier molecular flexibility index (Phi) is 3.59. The van der Waals surface area contributed by atoms with Crippen LogP contribution in [-0.2, 0) is 13.6 Å². The topological polar surface area (TPSA) is 55.6 Å². The SMILES string of the molecule is Cn1nnnc1CNc1cc(I)ccc1Cl. The van der Waals surface area contributed by atoms with Crippen molar-refractivity contribution in [2.75, 3.05) is 5.32 Å². The van der Waals surface area contributed by atoms with Crippen LogP contribution in [0.4, 0.5) is 5.69 Å². The van der Waals surface area contributed by atoms with Crippen molar-refractivity contribution in [1.29, 1.82) is 0 Å². The Hall–Kier alpha value is -0.890. The Bertz CT molecular complexity index is 498. The van der Waals surface area contributed by atoms with Crippen LogP contribution in [0.2, 0.25) is 5.02 Å². The van der Waals surface area contributed by atoms with Gasteiger partial charge < -0.3 is 5.32 Å². The minimum Gasteiger partial charge on any atom is -0.376 e. The summed E-state index contributed by atoms with van der Waals surface area (Å²) in [6, 6.07) is 5.80. The van der Waals surface area contributed by atoms with E-state index in [0.717, 1.165) is 15.1 Å². The Morgan fingerprint density at radius 1 is 1.50 bits per heavy atom. The summed E-state index contributed by atoms with van der Waals surface area (Å²) in [5.74, 6) is 0.759. The lowest BCUT2D eigenvalue weighted by atomic mass is 10.3. The van der Waals surface area contributed by atoms with Gasteiger partial charge in [0, 0.05) is 10.6 Å². The summed E-state index contributed by atoms with van der Waals surface area (Å²) in [5, 5.41) is 15.1. The summed E-state index contributed by atoms with van der Waals surface area (Å²) >= 11 is 8.29. The van der Waals surface area contributed by atoms with Crippen molar-refractivity contribution in [3.63, 3.8) is 0 Å². The summed E-state index contributed by atoms with van der Waals surface area (Å²) in [7, 11) is 1.80. The van der Waals surface area contributed by atoms with E-state index in [9.17, 15) is 0 Å². The highest BCUT2D eigenvalue weighted by Gasteiger charge is 2.04. The molecule has 0 radical (unpaired) electrons. The zero-order chi connectivity index (χ0) is 11.5. The van der Waals surface area contributed by atoms with Gasteiger partial charge in [-0.1, -0.05) is 11.6 Å². The molecule has 0 unspecified atom stereocenters. The number of nitrogens with one attached hydrogen (secondary N) is 1. The average molecular weight is 350 g/mol. The minimum absolute atomic E-state index is 0.545. The maximum atomic E-state index is 6.05. The molecule has 5 nitrogen and oxygen atoms in total. The number of halogens is 2. The zero-order valence-corrected chi connectivity index (χ0v) is 11.4. The second-order valence-electron chi connectivity index (χ2n) is 3.20. The van der Waals surface area contributed by atoms with Crippen molar-refractivity contribution in [2.24, 2.45) is 7.05 Å². The van der Waals surface area contributed by atoms with Crippen LogP contribution in [0.25, 0.3) is 0 Å². The van der Waals surface area contributed by atoms with Gasteiger partial charge in [0.15, 0.2) is 5.82 Å². The second kappa shape index (κ2) is 4.96. The van der Waals surface area contributed by atoms with Gasteiger partial charge in [0.1, 0.15) is 0 Å². The van der Waals surface area contributed by atoms with E-state index < -0.39 is 0 Å². The Morgan fingerprint density at radius 3 is 3.00 bits per heavy atom. The van der Waals surface area contributed by atoms with E-state index in [-0.39, 0.29) is 0 Å². The lowest BCUT2D eigenvalue weighted by molar-refractivity contribution is 0.683. The number of benzene rings is 1. The second-order valence-corrected chi connectivity index (χ2v) is 4.85. The summed E-state index contributed by atoms with van der Waals surface area (Å²) in [6.07, 6.45) is 0. The molecule has 0 bridgehead atoms. The van der Waals surface area contributed by atoms with Gasteiger partial charge in [-0.2, -0.15) is 0 Å². The highest BCUT2D eigenvalue weighted by atomic mass is 127. The quantitative estimate of drug-likeness (QED) is 0.862. The van der Waals surface area contributed by atoms with E-state index in [1.54, 1.807) is 11.7 Å². The van der Waals surface area contributed by atoms with Crippen LogP contribution < -0.4 is 5.32 Å². The normalized spacial score (nSPS) is 10.4. The fourth-order valence-corrected chi connectivity index (χ4v) is 1.88. The number of rotatable bonds is 3. The van der Waals surface area contributed by atoms with Crippen molar-refractivity contribution >= 4 is 39.9 Å².